The van der Waals surface area contributed by atoms with E-state index in [2.05, 4.69) is 21.2 Å². The number of carbonyl (C=O) groups is 2. The summed E-state index contributed by atoms with van der Waals surface area (Å²) in [5, 5.41) is 2.64. The van der Waals surface area contributed by atoms with Gasteiger partial charge in [-0.25, -0.2) is 4.79 Å². The quantitative estimate of drug-likeness (QED) is 0.658. The van der Waals surface area contributed by atoms with Crippen LogP contribution in [-0.4, -0.2) is 16.8 Å². The molecule has 0 aliphatic carbocycles. The number of carbonyl (C=O) groups excluding carboxylic acids is 2. The van der Waals surface area contributed by atoms with Crippen molar-refractivity contribution in [1.29, 1.82) is 0 Å². The lowest BCUT2D eigenvalue weighted by Gasteiger charge is -2.11. The van der Waals surface area contributed by atoms with E-state index in [9.17, 15) is 9.59 Å². The number of nitrogens with zero attached hydrogens (tertiary/aromatic N) is 1. The fourth-order valence-corrected chi connectivity index (χ4v) is 2.68. The van der Waals surface area contributed by atoms with Crippen LogP contribution >= 0.6 is 15.9 Å². The Morgan fingerprint density at radius 1 is 1.13 bits per heavy atom. The molecule has 0 bridgehead atoms. The van der Waals surface area contributed by atoms with Gasteiger partial charge in [0.2, 0.25) is 0 Å². The molecule has 2 aromatic rings. The fourth-order valence-electron chi connectivity index (χ4n) is 2.41. The highest BCUT2D eigenvalue weighted by Gasteiger charge is 2.33. The molecule has 0 atom stereocenters. The first-order valence-corrected chi connectivity index (χ1v) is 7.98. The Morgan fingerprint density at radius 3 is 2.57 bits per heavy atom. The molecule has 1 N–H and O–H groups in total. The highest BCUT2D eigenvalue weighted by molar-refractivity contribution is 9.10. The van der Waals surface area contributed by atoms with Crippen molar-refractivity contribution in [1.82, 2.24) is 10.2 Å². The average molecular weight is 371 g/mol. The van der Waals surface area contributed by atoms with Crippen molar-refractivity contribution in [3.05, 3.63) is 75.4 Å². The van der Waals surface area contributed by atoms with Gasteiger partial charge in [-0.1, -0.05) is 57.9 Å². The van der Waals surface area contributed by atoms with Gasteiger partial charge in [0.05, 0.1) is 6.54 Å². The van der Waals surface area contributed by atoms with Crippen LogP contribution < -0.4 is 5.32 Å². The van der Waals surface area contributed by atoms with E-state index in [1.165, 1.54) is 4.90 Å². The number of nitrogens with one attached hydrogen (secondary N) is 1. The fraction of sp³-hybridized carbons (Fsp3) is 0.111. The van der Waals surface area contributed by atoms with Crippen LogP contribution in [0.25, 0.3) is 6.08 Å². The van der Waals surface area contributed by atoms with Crippen molar-refractivity contribution in [2.75, 3.05) is 0 Å². The third-order valence-electron chi connectivity index (χ3n) is 3.57. The molecule has 3 amide bonds. The largest absolute Gasteiger partial charge is 0.329 e. The third-order valence-corrected chi connectivity index (χ3v) is 4.10. The summed E-state index contributed by atoms with van der Waals surface area (Å²) < 4.78 is 0.957. The van der Waals surface area contributed by atoms with Crippen LogP contribution in [0.2, 0.25) is 0 Å². The number of rotatable bonds is 3. The molecule has 0 unspecified atom stereocenters. The zero-order valence-electron chi connectivity index (χ0n) is 12.5. The predicted molar refractivity (Wildman–Crippen MR) is 92.4 cm³/mol. The molecular weight excluding hydrogens is 356 g/mol. The number of hydrogen-bond donors (Lipinski definition) is 1. The van der Waals surface area contributed by atoms with Crippen molar-refractivity contribution in [2.45, 2.75) is 13.5 Å². The van der Waals surface area contributed by atoms with Gasteiger partial charge in [0.1, 0.15) is 5.70 Å². The van der Waals surface area contributed by atoms with Gasteiger partial charge in [-0.05, 0) is 36.3 Å². The van der Waals surface area contributed by atoms with Crippen LogP contribution in [0.1, 0.15) is 16.7 Å². The highest BCUT2D eigenvalue weighted by Crippen LogP contribution is 2.18. The lowest BCUT2D eigenvalue weighted by Crippen LogP contribution is -2.30. The van der Waals surface area contributed by atoms with E-state index < -0.39 is 6.03 Å². The molecule has 3 rings (SSSR count). The molecule has 0 radical (unpaired) electrons. The lowest BCUT2D eigenvalue weighted by atomic mass is 10.1. The van der Waals surface area contributed by atoms with E-state index in [1.54, 1.807) is 6.08 Å². The summed E-state index contributed by atoms with van der Waals surface area (Å²) in [6.45, 7) is 2.24. The van der Waals surface area contributed by atoms with Crippen LogP contribution in [0.5, 0.6) is 0 Å². The molecule has 1 aliphatic rings. The Balaban J connectivity index is 1.81. The van der Waals surface area contributed by atoms with Crippen molar-refractivity contribution in [3.8, 4) is 0 Å². The van der Waals surface area contributed by atoms with Crippen LogP contribution in [0.15, 0.2) is 58.7 Å². The summed E-state index contributed by atoms with van der Waals surface area (Å²) in [4.78, 5) is 25.7. The van der Waals surface area contributed by atoms with Gasteiger partial charge in [0.15, 0.2) is 0 Å². The molecule has 5 heteroatoms. The summed E-state index contributed by atoms with van der Waals surface area (Å²) in [6, 6.07) is 14.9. The second-order valence-electron chi connectivity index (χ2n) is 5.42. The molecule has 1 fully saturated rings. The number of aryl methyl sites for hydroxylation is 1. The Hall–Kier alpha value is -2.40. The van der Waals surface area contributed by atoms with Gasteiger partial charge in [0.25, 0.3) is 5.91 Å². The molecular formula is C18H15BrN2O2. The minimum Gasteiger partial charge on any atom is -0.303 e. The molecule has 23 heavy (non-hydrogen) atoms. The van der Waals surface area contributed by atoms with Gasteiger partial charge < -0.3 is 5.32 Å². The molecule has 2 aromatic carbocycles. The highest BCUT2D eigenvalue weighted by atomic mass is 79.9. The van der Waals surface area contributed by atoms with Crippen LogP contribution in [0.4, 0.5) is 4.79 Å². The maximum Gasteiger partial charge on any atom is 0.329 e. The standard InChI is InChI=1S/C18H15BrN2O2/c1-12-3-2-4-14(9-12)10-16-17(22)21(18(23)20-16)11-13-5-7-15(19)8-6-13/h2-10H,11H2,1H3,(H,20,23). The molecule has 0 spiro atoms. The molecule has 116 valence electrons. The predicted octanol–water partition coefficient (Wildman–Crippen LogP) is 3.85. The molecule has 4 nitrogen and oxygen atoms in total. The van der Waals surface area contributed by atoms with Crippen molar-refractivity contribution in [2.24, 2.45) is 0 Å². The van der Waals surface area contributed by atoms with E-state index in [-0.39, 0.29) is 12.5 Å². The number of imide groups is 1. The van der Waals surface area contributed by atoms with E-state index in [1.807, 2.05) is 55.5 Å². The lowest BCUT2D eigenvalue weighted by molar-refractivity contribution is -0.123. The first-order valence-electron chi connectivity index (χ1n) is 7.18. The Kier molecular flexibility index (Phi) is 4.30. The summed E-state index contributed by atoms with van der Waals surface area (Å²) in [6.07, 6.45) is 1.70. The van der Waals surface area contributed by atoms with Crippen molar-refractivity contribution >= 4 is 33.9 Å². The van der Waals surface area contributed by atoms with E-state index in [0.29, 0.717) is 5.70 Å². The Labute approximate surface area is 142 Å². The van der Waals surface area contributed by atoms with Crippen LogP contribution in [0, 0.1) is 6.92 Å². The molecule has 0 aromatic heterocycles. The minimum atomic E-state index is -0.392. The van der Waals surface area contributed by atoms with E-state index >= 15 is 0 Å². The van der Waals surface area contributed by atoms with Crippen molar-refractivity contribution < 1.29 is 9.59 Å². The summed E-state index contributed by atoms with van der Waals surface area (Å²) in [5.74, 6) is -0.306. The zero-order chi connectivity index (χ0) is 16.4. The first kappa shape index (κ1) is 15.5. The Morgan fingerprint density at radius 2 is 1.87 bits per heavy atom. The zero-order valence-corrected chi connectivity index (χ0v) is 14.1. The second-order valence-corrected chi connectivity index (χ2v) is 6.34. The SMILES string of the molecule is Cc1cccc(C=C2NC(=O)N(Cc3ccc(Br)cc3)C2=O)c1. The average Bonchev–Trinajstić information content (AvgIpc) is 2.77. The summed E-state index contributed by atoms with van der Waals surface area (Å²) >= 11 is 3.37. The number of urea groups is 1. The monoisotopic (exact) mass is 370 g/mol. The molecule has 1 aliphatic heterocycles. The minimum absolute atomic E-state index is 0.253. The van der Waals surface area contributed by atoms with Gasteiger partial charge in [-0.15, -0.1) is 0 Å². The topological polar surface area (TPSA) is 49.4 Å². The Bertz CT molecular complexity index is 797. The number of halogens is 1. The first-order chi connectivity index (χ1) is 11.0. The van der Waals surface area contributed by atoms with Gasteiger partial charge in [-0.2, -0.15) is 0 Å². The van der Waals surface area contributed by atoms with Gasteiger partial charge in [-0.3, -0.25) is 9.69 Å². The summed E-state index contributed by atoms with van der Waals surface area (Å²) in [5.41, 5.74) is 3.19. The van der Waals surface area contributed by atoms with Crippen LogP contribution in [0.3, 0.4) is 0 Å². The van der Waals surface area contributed by atoms with Gasteiger partial charge in [0, 0.05) is 4.47 Å². The number of amides is 3. The van der Waals surface area contributed by atoms with Gasteiger partial charge >= 0.3 is 6.03 Å². The van der Waals surface area contributed by atoms with E-state index in [0.717, 1.165) is 21.2 Å². The second kappa shape index (κ2) is 6.38. The normalized spacial score (nSPS) is 16.1. The molecule has 1 heterocycles. The van der Waals surface area contributed by atoms with E-state index in [4.69, 9.17) is 0 Å². The molecule has 0 saturated carbocycles. The maximum atomic E-state index is 12.4. The number of hydrogen-bond acceptors (Lipinski definition) is 2. The number of benzene rings is 2. The molecule has 1 saturated heterocycles. The third kappa shape index (κ3) is 3.51. The smallest absolute Gasteiger partial charge is 0.303 e. The maximum absolute atomic E-state index is 12.4. The van der Waals surface area contributed by atoms with Crippen molar-refractivity contribution in [3.63, 3.8) is 0 Å². The van der Waals surface area contributed by atoms with Crippen LogP contribution in [-0.2, 0) is 11.3 Å². The summed E-state index contributed by atoms with van der Waals surface area (Å²) in [7, 11) is 0.